The lowest BCUT2D eigenvalue weighted by molar-refractivity contribution is -0.143. The third-order valence-electron chi connectivity index (χ3n) is 5.59. The van der Waals surface area contributed by atoms with E-state index in [1.807, 2.05) is 12.5 Å². The fourth-order valence-electron chi connectivity index (χ4n) is 3.69. The number of nitrogens with zero attached hydrogens (tertiary/aromatic N) is 1. The molecule has 0 aromatic carbocycles. The first-order chi connectivity index (χ1) is 15.8. The molecule has 0 aliphatic carbocycles. The summed E-state index contributed by atoms with van der Waals surface area (Å²) >= 11 is 3.02. The zero-order valence-corrected chi connectivity index (χ0v) is 21.2. The van der Waals surface area contributed by atoms with E-state index in [0.29, 0.717) is 56.7 Å². The van der Waals surface area contributed by atoms with Gasteiger partial charge >= 0.3 is 5.97 Å². The molecule has 33 heavy (non-hydrogen) atoms. The van der Waals surface area contributed by atoms with Crippen LogP contribution in [0.4, 0.5) is 0 Å². The number of carbonyl (C=O) groups is 4. The van der Waals surface area contributed by atoms with Gasteiger partial charge in [-0.3, -0.25) is 14.4 Å². The highest BCUT2D eigenvalue weighted by molar-refractivity contribution is 7.98. The quantitative estimate of drug-likeness (QED) is 0.181. The van der Waals surface area contributed by atoms with Crippen LogP contribution in [0.3, 0.4) is 0 Å². The predicted molar refractivity (Wildman–Crippen MR) is 133 cm³/mol. The molecule has 0 bridgehead atoms. The Labute approximate surface area is 204 Å². The Morgan fingerprint density at radius 3 is 2.24 bits per heavy atom. The summed E-state index contributed by atoms with van der Waals surface area (Å²) in [5.41, 5.74) is 11.5. The number of hydrogen-bond donors (Lipinski definition) is 5. The number of nitrogens with one attached hydrogen (secondary N) is 2. The number of amides is 3. The van der Waals surface area contributed by atoms with Crippen LogP contribution < -0.4 is 22.1 Å². The highest BCUT2D eigenvalue weighted by Crippen LogP contribution is 2.20. The molecule has 1 saturated heterocycles. The predicted octanol–water partition coefficient (Wildman–Crippen LogP) is -0.00590. The lowest BCUT2D eigenvalue weighted by Crippen LogP contribution is -2.56. The second-order valence-corrected chi connectivity index (χ2v) is 10.1. The summed E-state index contributed by atoms with van der Waals surface area (Å²) in [6, 6.07) is -3.27. The van der Waals surface area contributed by atoms with Crippen molar-refractivity contribution in [2.24, 2.45) is 11.5 Å². The first-order valence-electron chi connectivity index (χ1n) is 11.3. The summed E-state index contributed by atoms with van der Waals surface area (Å²) in [4.78, 5) is 51.7. The van der Waals surface area contributed by atoms with Gasteiger partial charge in [0.1, 0.15) is 18.1 Å². The third kappa shape index (κ3) is 10.1. The molecule has 1 aliphatic rings. The largest absolute Gasteiger partial charge is 0.480 e. The highest BCUT2D eigenvalue weighted by Gasteiger charge is 2.37. The van der Waals surface area contributed by atoms with Gasteiger partial charge in [0, 0.05) is 6.54 Å². The van der Waals surface area contributed by atoms with Crippen LogP contribution in [-0.2, 0) is 19.2 Å². The molecule has 12 heteroatoms. The van der Waals surface area contributed by atoms with Crippen molar-refractivity contribution >= 4 is 47.2 Å². The zero-order chi connectivity index (χ0) is 24.8. The van der Waals surface area contributed by atoms with E-state index in [4.69, 9.17) is 11.5 Å². The molecule has 1 heterocycles. The first kappa shape index (κ1) is 29.5. The average molecular weight is 506 g/mol. The van der Waals surface area contributed by atoms with Crippen molar-refractivity contribution in [1.82, 2.24) is 15.5 Å². The van der Waals surface area contributed by atoms with Crippen molar-refractivity contribution in [2.75, 3.05) is 37.1 Å². The van der Waals surface area contributed by atoms with Crippen molar-refractivity contribution in [1.29, 1.82) is 0 Å². The molecule has 0 radical (unpaired) electrons. The minimum absolute atomic E-state index is 0.266. The van der Waals surface area contributed by atoms with Gasteiger partial charge < -0.3 is 32.1 Å². The van der Waals surface area contributed by atoms with Gasteiger partial charge in [-0.05, 0) is 69.1 Å². The number of carbonyl (C=O) groups excluding carboxylic acids is 3. The van der Waals surface area contributed by atoms with Crippen molar-refractivity contribution in [2.45, 2.75) is 69.1 Å². The summed E-state index contributed by atoms with van der Waals surface area (Å²) in [6.45, 7) is 0.980. The van der Waals surface area contributed by atoms with E-state index in [9.17, 15) is 24.3 Å². The number of unbranched alkanes of at least 4 members (excludes halogenated alkanes) is 1. The molecule has 7 N–H and O–H groups in total. The van der Waals surface area contributed by atoms with E-state index in [-0.39, 0.29) is 5.91 Å². The Balaban J connectivity index is 2.82. The molecule has 0 aromatic rings. The summed E-state index contributed by atoms with van der Waals surface area (Å²) < 4.78 is 0. The number of carboxylic acids is 1. The van der Waals surface area contributed by atoms with E-state index < -0.39 is 42.0 Å². The minimum Gasteiger partial charge on any atom is -0.480 e. The van der Waals surface area contributed by atoms with Crippen LogP contribution in [0.5, 0.6) is 0 Å². The average Bonchev–Trinajstić information content (AvgIpc) is 3.28. The molecular weight excluding hydrogens is 466 g/mol. The summed E-state index contributed by atoms with van der Waals surface area (Å²) in [5, 5.41) is 14.7. The molecule has 0 aromatic heterocycles. The van der Waals surface area contributed by atoms with Crippen LogP contribution in [0.15, 0.2) is 0 Å². The molecule has 1 fully saturated rings. The van der Waals surface area contributed by atoms with Gasteiger partial charge in [-0.1, -0.05) is 6.42 Å². The molecule has 0 spiro atoms. The molecule has 1 rings (SSSR count). The summed E-state index contributed by atoms with van der Waals surface area (Å²) in [5.74, 6) is -1.11. The highest BCUT2D eigenvalue weighted by atomic mass is 32.2. The molecule has 10 nitrogen and oxygen atoms in total. The molecule has 190 valence electrons. The van der Waals surface area contributed by atoms with E-state index in [1.165, 1.54) is 28.4 Å². The topological polar surface area (TPSA) is 168 Å². The van der Waals surface area contributed by atoms with E-state index in [0.717, 1.165) is 12.8 Å². The number of aliphatic carboxylic acids is 1. The van der Waals surface area contributed by atoms with Gasteiger partial charge in [0.05, 0.1) is 6.04 Å². The number of hydrogen-bond acceptors (Lipinski definition) is 8. The van der Waals surface area contributed by atoms with Gasteiger partial charge in [0.25, 0.3) is 0 Å². The molecule has 3 amide bonds. The van der Waals surface area contributed by atoms with Crippen LogP contribution >= 0.6 is 23.5 Å². The fourth-order valence-corrected chi connectivity index (χ4v) is 4.63. The maximum absolute atomic E-state index is 13.0. The molecule has 1 aliphatic heterocycles. The van der Waals surface area contributed by atoms with Gasteiger partial charge in [-0.15, -0.1) is 0 Å². The number of likely N-dealkylation sites (tertiary alicyclic amines) is 1. The Kier molecular flexibility index (Phi) is 14.5. The van der Waals surface area contributed by atoms with E-state index in [1.54, 1.807) is 0 Å². The van der Waals surface area contributed by atoms with Crippen LogP contribution in [0.1, 0.15) is 44.9 Å². The van der Waals surface area contributed by atoms with E-state index in [2.05, 4.69) is 10.6 Å². The van der Waals surface area contributed by atoms with Crippen molar-refractivity contribution in [3.05, 3.63) is 0 Å². The Bertz CT molecular complexity index is 655. The van der Waals surface area contributed by atoms with Crippen LogP contribution in [0.2, 0.25) is 0 Å². The summed E-state index contributed by atoms with van der Waals surface area (Å²) in [6.07, 6.45) is 7.60. The monoisotopic (exact) mass is 505 g/mol. The van der Waals surface area contributed by atoms with Crippen molar-refractivity contribution in [3.63, 3.8) is 0 Å². The SMILES string of the molecule is CSCCC(NC(=O)C(CCSC)NC(=O)C1CCCN1C(=O)C(N)CCCCN)C(=O)O. The number of carboxylic acid groups (broad SMARTS) is 1. The second-order valence-electron chi connectivity index (χ2n) is 8.10. The van der Waals surface area contributed by atoms with E-state index >= 15 is 0 Å². The van der Waals surface area contributed by atoms with Crippen molar-refractivity contribution in [3.8, 4) is 0 Å². The molecule has 4 unspecified atom stereocenters. The maximum atomic E-state index is 13.0. The zero-order valence-electron chi connectivity index (χ0n) is 19.6. The first-order valence-corrected chi connectivity index (χ1v) is 14.1. The third-order valence-corrected chi connectivity index (χ3v) is 6.88. The number of nitrogens with two attached hydrogens (primary N) is 2. The Morgan fingerprint density at radius 2 is 1.67 bits per heavy atom. The Morgan fingerprint density at radius 1 is 1.03 bits per heavy atom. The second kappa shape index (κ2) is 16.2. The van der Waals surface area contributed by atoms with Crippen LogP contribution in [0.25, 0.3) is 0 Å². The Hall–Kier alpha value is -1.50. The lowest BCUT2D eigenvalue weighted by Gasteiger charge is -2.28. The molecule has 0 saturated carbocycles. The normalized spacial score (nSPS) is 18.4. The number of thioether (sulfide) groups is 2. The van der Waals surface area contributed by atoms with Gasteiger partial charge in [-0.2, -0.15) is 23.5 Å². The summed E-state index contributed by atoms with van der Waals surface area (Å²) in [7, 11) is 0. The van der Waals surface area contributed by atoms with Gasteiger partial charge in [-0.25, -0.2) is 4.79 Å². The van der Waals surface area contributed by atoms with Gasteiger partial charge in [0.2, 0.25) is 17.7 Å². The van der Waals surface area contributed by atoms with Crippen LogP contribution in [0, 0.1) is 0 Å². The molecular formula is C21H39N5O5S2. The fraction of sp³-hybridized carbons (Fsp3) is 0.810. The van der Waals surface area contributed by atoms with Crippen LogP contribution in [-0.4, -0.2) is 95.0 Å². The number of rotatable bonds is 16. The lowest BCUT2D eigenvalue weighted by atomic mass is 10.1. The standard InChI is InChI=1S/C21H39N5O5S2/c1-32-12-8-15(18(27)25-16(21(30)31)9-13-33-2)24-19(28)17-7-5-11-26(17)20(29)14(23)6-3-4-10-22/h14-17H,3-13,22-23H2,1-2H3,(H,24,28)(H,25,27)(H,30,31). The minimum atomic E-state index is -1.11. The van der Waals surface area contributed by atoms with Gasteiger partial charge in [0.15, 0.2) is 0 Å². The van der Waals surface area contributed by atoms with Crippen molar-refractivity contribution < 1.29 is 24.3 Å². The smallest absolute Gasteiger partial charge is 0.326 e. The maximum Gasteiger partial charge on any atom is 0.326 e. The molecule has 4 atom stereocenters.